The van der Waals surface area contributed by atoms with Crippen LogP contribution in [0.5, 0.6) is 0 Å². The minimum Gasteiger partial charge on any atom is -0.390 e. The second-order valence-corrected chi connectivity index (χ2v) is 7.57. The van der Waals surface area contributed by atoms with E-state index >= 15 is 0 Å². The molecule has 1 aromatic carbocycles. The lowest BCUT2D eigenvalue weighted by Crippen LogP contribution is -2.52. The Labute approximate surface area is 160 Å². The first-order valence-corrected chi connectivity index (χ1v) is 9.88. The number of rotatable bonds is 7. The molecule has 5 nitrogen and oxygen atoms in total. The lowest BCUT2D eigenvalue weighted by molar-refractivity contribution is 0.0315. The fraction of sp³-hybridized carbons (Fsp3) is 0.684. The molecule has 0 unspecified atom stereocenters. The second-order valence-electron chi connectivity index (χ2n) is 7.16. The molecule has 0 spiro atoms. The van der Waals surface area contributed by atoms with Gasteiger partial charge in [-0.3, -0.25) is 9.80 Å². The van der Waals surface area contributed by atoms with E-state index in [1.807, 2.05) is 0 Å². The lowest BCUT2D eigenvalue weighted by Gasteiger charge is -2.36. The van der Waals surface area contributed by atoms with Crippen LogP contribution in [0.15, 0.2) is 18.2 Å². The highest BCUT2D eigenvalue weighted by Crippen LogP contribution is 2.22. The predicted molar refractivity (Wildman–Crippen MR) is 101 cm³/mol. The molecule has 0 radical (unpaired) electrons. The van der Waals surface area contributed by atoms with Crippen LogP contribution in [0.3, 0.4) is 0 Å². The van der Waals surface area contributed by atoms with Crippen LogP contribution in [-0.2, 0) is 11.3 Å². The summed E-state index contributed by atoms with van der Waals surface area (Å²) in [6.07, 6.45) is 1.47. The number of nitrogens with zero attached hydrogens (tertiary/aromatic N) is 2. The molecule has 3 rings (SSSR count). The monoisotopic (exact) mass is 385 g/mol. The summed E-state index contributed by atoms with van der Waals surface area (Å²) in [6.45, 7) is 7.45. The fourth-order valence-electron chi connectivity index (χ4n) is 3.70. The van der Waals surface area contributed by atoms with E-state index in [4.69, 9.17) is 16.3 Å². The number of β-amino-alcohol motifs (C(OH)–C–C–N with tert-alkyl or cyclic N) is 1. The van der Waals surface area contributed by atoms with Gasteiger partial charge in [0, 0.05) is 49.4 Å². The van der Waals surface area contributed by atoms with Crippen molar-refractivity contribution in [2.24, 2.45) is 0 Å². The van der Waals surface area contributed by atoms with Crippen molar-refractivity contribution in [2.45, 2.75) is 31.5 Å². The molecule has 2 aliphatic heterocycles. The van der Waals surface area contributed by atoms with E-state index in [2.05, 4.69) is 15.1 Å². The Kier molecular flexibility index (Phi) is 7.66. The second kappa shape index (κ2) is 9.97. The fourth-order valence-corrected chi connectivity index (χ4v) is 3.92. The summed E-state index contributed by atoms with van der Waals surface area (Å²) in [5.41, 5.74) is 0.512. The molecule has 0 bridgehead atoms. The van der Waals surface area contributed by atoms with E-state index in [0.717, 1.165) is 58.8 Å². The number of likely N-dealkylation sites (tertiary alicyclic amines) is 1. The van der Waals surface area contributed by atoms with E-state index in [-0.39, 0.29) is 11.9 Å². The van der Waals surface area contributed by atoms with Crippen molar-refractivity contribution in [2.75, 3.05) is 52.5 Å². The summed E-state index contributed by atoms with van der Waals surface area (Å²) in [6, 6.07) is 4.86. The zero-order valence-corrected chi connectivity index (χ0v) is 15.9. The van der Waals surface area contributed by atoms with Crippen molar-refractivity contribution in [1.29, 1.82) is 0 Å². The molecule has 0 amide bonds. The molecule has 2 fully saturated rings. The largest absolute Gasteiger partial charge is 0.390 e. The van der Waals surface area contributed by atoms with Crippen molar-refractivity contribution in [3.63, 3.8) is 0 Å². The third-order valence-electron chi connectivity index (χ3n) is 5.27. The Hall–Kier alpha value is -0.760. The number of morpholine rings is 1. The van der Waals surface area contributed by atoms with Gasteiger partial charge < -0.3 is 15.2 Å². The maximum absolute atomic E-state index is 13.9. The van der Waals surface area contributed by atoms with Crippen LogP contribution in [0.1, 0.15) is 18.4 Å². The molecule has 2 N–H and O–H groups in total. The van der Waals surface area contributed by atoms with E-state index < -0.39 is 6.10 Å². The van der Waals surface area contributed by atoms with Gasteiger partial charge in [0.25, 0.3) is 0 Å². The third kappa shape index (κ3) is 5.62. The SMILES string of the molecule is O[C@@H]1CN(Cc2c(F)cccc2Cl)CC[C@H]1NCCCN1CCOCC1. The highest BCUT2D eigenvalue weighted by atomic mass is 35.5. The average molecular weight is 386 g/mol. The molecular formula is C19H29ClFN3O2. The number of piperidine rings is 1. The summed E-state index contributed by atoms with van der Waals surface area (Å²) in [5, 5.41) is 14.4. The van der Waals surface area contributed by atoms with E-state index in [0.29, 0.717) is 23.7 Å². The van der Waals surface area contributed by atoms with Gasteiger partial charge in [0.15, 0.2) is 0 Å². The van der Waals surface area contributed by atoms with Gasteiger partial charge in [-0.05, 0) is 38.1 Å². The van der Waals surface area contributed by atoms with Crippen molar-refractivity contribution < 1.29 is 14.2 Å². The lowest BCUT2D eigenvalue weighted by atomic mass is 10.0. The molecule has 2 heterocycles. The van der Waals surface area contributed by atoms with Crippen LogP contribution in [0, 0.1) is 5.82 Å². The molecule has 0 aromatic heterocycles. The zero-order valence-electron chi connectivity index (χ0n) is 15.2. The molecule has 2 saturated heterocycles. The summed E-state index contributed by atoms with van der Waals surface area (Å²) in [7, 11) is 0. The van der Waals surface area contributed by atoms with Crippen LogP contribution >= 0.6 is 11.6 Å². The first kappa shape index (κ1) is 20.0. The van der Waals surface area contributed by atoms with Gasteiger partial charge in [0.1, 0.15) is 5.82 Å². The Morgan fingerprint density at radius 1 is 1.23 bits per heavy atom. The van der Waals surface area contributed by atoms with E-state index in [1.165, 1.54) is 6.07 Å². The smallest absolute Gasteiger partial charge is 0.129 e. The summed E-state index contributed by atoms with van der Waals surface area (Å²) >= 11 is 6.11. The summed E-state index contributed by atoms with van der Waals surface area (Å²) in [5.74, 6) is -0.282. The van der Waals surface area contributed by atoms with Crippen molar-refractivity contribution >= 4 is 11.6 Å². The third-order valence-corrected chi connectivity index (χ3v) is 5.62. The molecule has 0 saturated carbocycles. The van der Waals surface area contributed by atoms with Crippen LogP contribution < -0.4 is 5.32 Å². The van der Waals surface area contributed by atoms with Gasteiger partial charge in [-0.25, -0.2) is 4.39 Å². The maximum Gasteiger partial charge on any atom is 0.129 e. The average Bonchev–Trinajstić information content (AvgIpc) is 2.64. The zero-order chi connectivity index (χ0) is 18.4. The molecule has 26 heavy (non-hydrogen) atoms. The molecular weight excluding hydrogens is 357 g/mol. The first-order chi connectivity index (χ1) is 12.6. The van der Waals surface area contributed by atoms with Crippen molar-refractivity contribution in [1.82, 2.24) is 15.1 Å². The van der Waals surface area contributed by atoms with E-state index in [1.54, 1.807) is 12.1 Å². The normalized spacial score (nSPS) is 25.5. The minimum absolute atomic E-state index is 0.104. The van der Waals surface area contributed by atoms with Crippen LogP contribution in [0.4, 0.5) is 4.39 Å². The standard InChI is InChI=1S/C19H29ClFN3O2/c20-16-3-1-4-17(21)15(16)13-24-8-5-18(19(25)14-24)22-6-2-7-23-9-11-26-12-10-23/h1,3-4,18-19,22,25H,2,5-14H2/t18-,19-/m1/s1. The summed E-state index contributed by atoms with van der Waals surface area (Å²) < 4.78 is 19.3. The molecule has 146 valence electrons. The number of nitrogens with one attached hydrogen (secondary N) is 1. The molecule has 2 aliphatic rings. The number of ether oxygens (including phenoxy) is 1. The Balaban J connectivity index is 1.38. The number of aliphatic hydroxyl groups excluding tert-OH is 1. The van der Waals surface area contributed by atoms with Gasteiger partial charge in [-0.1, -0.05) is 17.7 Å². The first-order valence-electron chi connectivity index (χ1n) is 9.50. The van der Waals surface area contributed by atoms with Crippen LogP contribution in [-0.4, -0.2) is 79.5 Å². The number of hydrogen-bond acceptors (Lipinski definition) is 5. The van der Waals surface area contributed by atoms with E-state index in [9.17, 15) is 9.50 Å². The number of aliphatic hydroxyl groups is 1. The number of halogens is 2. The quantitative estimate of drug-likeness (QED) is 0.700. The highest BCUT2D eigenvalue weighted by Gasteiger charge is 2.28. The molecule has 0 aliphatic carbocycles. The van der Waals surface area contributed by atoms with Gasteiger partial charge in [0.05, 0.1) is 19.3 Å². The number of hydrogen-bond donors (Lipinski definition) is 2. The minimum atomic E-state index is -0.447. The predicted octanol–water partition coefficient (Wildman–Crippen LogP) is 1.73. The molecule has 2 atom stereocenters. The maximum atomic E-state index is 13.9. The number of benzene rings is 1. The van der Waals surface area contributed by atoms with Crippen LogP contribution in [0.25, 0.3) is 0 Å². The Morgan fingerprint density at radius 2 is 2.04 bits per heavy atom. The molecule has 7 heteroatoms. The molecule has 1 aromatic rings. The van der Waals surface area contributed by atoms with Gasteiger partial charge in [-0.15, -0.1) is 0 Å². The topological polar surface area (TPSA) is 48.0 Å². The van der Waals surface area contributed by atoms with Crippen LogP contribution in [0.2, 0.25) is 5.02 Å². The van der Waals surface area contributed by atoms with Crippen molar-refractivity contribution in [3.05, 3.63) is 34.6 Å². The highest BCUT2D eigenvalue weighted by molar-refractivity contribution is 6.31. The Bertz CT molecular complexity index is 551. The Morgan fingerprint density at radius 3 is 2.77 bits per heavy atom. The van der Waals surface area contributed by atoms with Crippen molar-refractivity contribution in [3.8, 4) is 0 Å². The summed E-state index contributed by atoms with van der Waals surface area (Å²) in [4.78, 5) is 4.49. The van der Waals surface area contributed by atoms with Gasteiger partial charge in [-0.2, -0.15) is 0 Å². The van der Waals surface area contributed by atoms with Gasteiger partial charge >= 0.3 is 0 Å². The van der Waals surface area contributed by atoms with Gasteiger partial charge in [0.2, 0.25) is 0 Å².